The van der Waals surface area contributed by atoms with E-state index < -0.39 is 10.0 Å². The predicted octanol–water partition coefficient (Wildman–Crippen LogP) is 3.64. The van der Waals surface area contributed by atoms with Gasteiger partial charge in [-0.3, -0.25) is 0 Å². The van der Waals surface area contributed by atoms with Crippen molar-refractivity contribution in [2.24, 2.45) is 16.2 Å². The lowest BCUT2D eigenvalue weighted by atomic mass is 9.94. The minimum atomic E-state index is -3.60. The van der Waals surface area contributed by atoms with E-state index in [4.69, 9.17) is 0 Å². The van der Waals surface area contributed by atoms with Crippen LogP contribution in [0.4, 0.5) is 0 Å². The lowest BCUT2D eigenvalue weighted by Gasteiger charge is -2.11. The standard InChI is InChI=1S/C19H19NO2S/c21-23(22,18-8-2-1-3-9-18)20-19-16-10-11-17(19)13-15-7-5-4-6-14(15)12-16/h1-9,16-17H,10-13H2. The zero-order chi connectivity index (χ0) is 15.9. The Bertz CT molecular complexity index is 821. The first-order valence-electron chi connectivity index (χ1n) is 8.10. The highest BCUT2D eigenvalue weighted by atomic mass is 32.2. The van der Waals surface area contributed by atoms with Gasteiger partial charge in [0, 0.05) is 17.5 Å². The molecule has 0 aliphatic heterocycles. The molecule has 0 N–H and O–H groups in total. The highest BCUT2D eigenvalue weighted by Gasteiger charge is 2.36. The zero-order valence-corrected chi connectivity index (χ0v) is 13.7. The average molecular weight is 325 g/mol. The van der Waals surface area contributed by atoms with Crippen molar-refractivity contribution >= 4 is 15.7 Å². The molecule has 2 aromatic carbocycles. The minimum absolute atomic E-state index is 0.266. The number of hydrogen-bond acceptors (Lipinski definition) is 2. The monoisotopic (exact) mass is 325 g/mol. The maximum absolute atomic E-state index is 12.6. The molecule has 4 rings (SSSR count). The van der Waals surface area contributed by atoms with E-state index in [1.807, 2.05) is 6.07 Å². The number of benzene rings is 2. The van der Waals surface area contributed by atoms with Crippen LogP contribution in [0, 0.1) is 11.8 Å². The van der Waals surface area contributed by atoms with Crippen LogP contribution in [0.1, 0.15) is 24.0 Å². The molecule has 2 atom stereocenters. The van der Waals surface area contributed by atoms with Crippen molar-refractivity contribution in [2.45, 2.75) is 30.6 Å². The Balaban J connectivity index is 1.73. The van der Waals surface area contributed by atoms with Crippen LogP contribution in [0.2, 0.25) is 0 Å². The van der Waals surface area contributed by atoms with Crippen molar-refractivity contribution in [3.8, 4) is 0 Å². The second kappa shape index (κ2) is 5.60. The summed E-state index contributed by atoms with van der Waals surface area (Å²) in [5, 5.41) is 0. The van der Waals surface area contributed by atoms with Gasteiger partial charge in [-0.2, -0.15) is 12.8 Å². The van der Waals surface area contributed by atoms with E-state index in [2.05, 4.69) is 28.7 Å². The summed E-state index contributed by atoms with van der Waals surface area (Å²) in [6.45, 7) is 0. The number of sulfonamides is 1. The third-order valence-electron chi connectivity index (χ3n) is 5.02. The second-order valence-corrected chi connectivity index (χ2v) is 8.06. The fraction of sp³-hybridized carbons (Fsp3) is 0.316. The molecule has 0 saturated heterocycles. The topological polar surface area (TPSA) is 46.5 Å². The van der Waals surface area contributed by atoms with Gasteiger partial charge in [0.1, 0.15) is 0 Å². The number of rotatable bonds is 2. The number of hydrogen-bond donors (Lipinski definition) is 0. The molecule has 2 aromatic rings. The van der Waals surface area contributed by atoms with Gasteiger partial charge in [0.05, 0.1) is 4.90 Å². The average Bonchev–Trinajstić information content (AvgIpc) is 2.82. The van der Waals surface area contributed by atoms with Gasteiger partial charge in [-0.1, -0.05) is 42.5 Å². The van der Waals surface area contributed by atoms with Crippen molar-refractivity contribution in [1.82, 2.24) is 0 Å². The third kappa shape index (κ3) is 2.72. The van der Waals surface area contributed by atoms with Crippen LogP contribution in [-0.2, 0) is 22.9 Å². The summed E-state index contributed by atoms with van der Waals surface area (Å²) in [5.41, 5.74) is 3.60. The molecular weight excluding hydrogens is 306 g/mol. The molecule has 1 fully saturated rings. The number of fused-ring (bicyclic) bond motifs is 3. The van der Waals surface area contributed by atoms with Gasteiger partial charge >= 0.3 is 0 Å². The Labute approximate surface area is 137 Å². The summed E-state index contributed by atoms with van der Waals surface area (Å²) >= 11 is 0. The fourth-order valence-electron chi connectivity index (χ4n) is 3.86. The Morgan fingerprint density at radius 1 is 0.783 bits per heavy atom. The smallest absolute Gasteiger partial charge is 0.199 e. The highest BCUT2D eigenvalue weighted by Crippen LogP contribution is 2.38. The van der Waals surface area contributed by atoms with Crippen LogP contribution in [-0.4, -0.2) is 14.1 Å². The molecule has 0 aromatic heterocycles. The Hall–Kier alpha value is -1.94. The largest absolute Gasteiger partial charge is 0.282 e. The van der Waals surface area contributed by atoms with Gasteiger partial charge in [-0.25, -0.2) is 0 Å². The van der Waals surface area contributed by atoms with E-state index in [0.717, 1.165) is 31.4 Å². The van der Waals surface area contributed by atoms with Crippen LogP contribution in [0.25, 0.3) is 0 Å². The molecule has 118 valence electrons. The summed E-state index contributed by atoms with van der Waals surface area (Å²) in [7, 11) is -3.60. The van der Waals surface area contributed by atoms with Crippen molar-refractivity contribution in [3.63, 3.8) is 0 Å². The zero-order valence-electron chi connectivity index (χ0n) is 12.9. The normalized spacial score (nSPS) is 23.2. The molecule has 23 heavy (non-hydrogen) atoms. The first-order valence-corrected chi connectivity index (χ1v) is 9.54. The van der Waals surface area contributed by atoms with E-state index in [0.29, 0.717) is 0 Å². The van der Waals surface area contributed by atoms with Crippen LogP contribution in [0.15, 0.2) is 63.9 Å². The van der Waals surface area contributed by atoms with E-state index in [-0.39, 0.29) is 16.7 Å². The van der Waals surface area contributed by atoms with Gasteiger partial charge < -0.3 is 0 Å². The maximum Gasteiger partial charge on any atom is 0.282 e. The van der Waals surface area contributed by atoms with Crippen molar-refractivity contribution < 1.29 is 8.42 Å². The van der Waals surface area contributed by atoms with Gasteiger partial charge in [-0.05, 0) is 48.9 Å². The lowest BCUT2D eigenvalue weighted by molar-refractivity contribution is 0.593. The number of nitrogens with zero attached hydrogens (tertiary/aromatic N) is 1. The summed E-state index contributed by atoms with van der Waals surface area (Å²) < 4.78 is 29.5. The third-order valence-corrected chi connectivity index (χ3v) is 6.34. The molecule has 3 nitrogen and oxygen atoms in total. The predicted molar refractivity (Wildman–Crippen MR) is 91.1 cm³/mol. The van der Waals surface area contributed by atoms with Crippen LogP contribution in [0.5, 0.6) is 0 Å². The van der Waals surface area contributed by atoms with Gasteiger partial charge in [-0.15, -0.1) is 0 Å². The Kier molecular flexibility index (Phi) is 3.57. The summed E-state index contributed by atoms with van der Waals surface area (Å²) in [6, 6.07) is 17.0. The molecule has 2 aliphatic carbocycles. The lowest BCUT2D eigenvalue weighted by Crippen LogP contribution is -2.17. The van der Waals surface area contributed by atoms with E-state index in [9.17, 15) is 8.42 Å². The molecule has 0 amide bonds. The van der Waals surface area contributed by atoms with Crippen LogP contribution < -0.4 is 0 Å². The molecule has 2 unspecified atom stereocenters. The fourth-order valence-corrected chi connectivity index (χ4v) is 5.05. The van der Waals surface area contributed by atoms with E-state index >= 15 is 0 Å². The molecule has 2 aliphatic rings. The van der Waals surface area contributed by atoms with Crippen LogP contribution in [0.3, 0.4) is 0 Å². The van der Waals surface area contributed by atoms with Crippen LogP contribution >= 0.6 is 0 Å². The molecule has 0 radical (unpaired) electrons. The van der Waals surface area contributed by atoms with Crippen molar-refractivity contribution in [2.75, 3.05) is 0 Å². The van der Waals surface area contributed by atoms with Gasteiger partial charge in [0.15, 0.2) is 0 Å². The highest BCUT2D eigenvalue weighted by molar-refractivity contribution is 7.90. The van der Waals surface area contributed by atoms with E-state index in [1.54, 1.807) is 24.3 Å². The quantitative estimate of drug-likeness (QED) is 0.846. The first-order chi connectivity index (χ1) is 11.1. The SMILES string of the molecule is O=S(=O)(N=C1C2CCC1Cc1ccccc1C2)c1ccccc1. The van der Waals surface area contributed by atoms with Gasteiger partial charge in [0.2, 0.25) is 0 Å². The Morgan fingerprint density at radius 2 is 1.30 bits per heavy atom. The Morgan fingerprint density at radius 3 is 1.87 bits per heavy atom. The molecule has 0 spiro atoms. The van der Waals surface area contributed by atoms with E-state index in [1.165, 1.54) is 11.1 Å². The maximum atomic E-state index is 12.6. The summed E-state index contributed by atoms with van der Waals surface area (Å²) in [5.74, 6) is 0.532. The van der Waals surface area contributed by atoms with Crippen molar-refractivity contribution in [3.05, 3.63) is 65.7 Å². The molecule has 2 bridgehead atoms. The molecule has 4 heteroatoms. The molecule has 0 heterocycles. The van der Waals surface area contributed by atoms with Gasteiger partial charge in [0.25, 0.3) is 10.0 Å². The molecule has 1 saturated carbocycles. The second-order valence-electron chi connectivity index (χ2n) is 6.45. The van der Waals surface area contributed by atoms with Crippen molar-refractivity contribution in [1.29, 1.82) is 0 Å². The summed E-state index contributed by atoms with van der Waals surface area (Å²) in [4.78, 5) is 0.286. The minimum Gasteiger partial charge on any atom is -0.199 e. The summed E-state index contributed by atoms with van der Waals surface area (Å²) in [6.07, 6.45) is 3.91. The molecular formula is C19H19NO2S. The first kappa shape index (κ1) is 14.6.